The minimum Gasteiger partial charge on any atom is -0.493 e. The lowest BCUT2D eigenvalue weighted by molar-refractivity contribution is 0.0557. The second-order valence-electron chi connectivity index (χ2n) is 5.77. The van der Waals surface area contributed by atoms with Crippen LogP contribution in [0.4, 0.5) is 0 Å². The molecule has 1 N–H and O–H groups in total. The first-order valence-corrected chi connectivity index (χ1v) is 7.87. The second kappa shape index (κ2) is 6.33. The molecule has 1 saturated heterocycles. The van der Waals surface area contributed by atoms with Crippen molar-refractivity contribution in [3.05, 3.63) is 28.3 Å². The molecule has 0 radical (unpaired) electrons. The molecule has 0 aliphatic carbocycles. The van der Waals surface area contributed by atoms with Gasteiger partial charge in [0.2, 0.25) is 0 Å². The summed E-state index contributed by atoms with van der Waals surface area (Å²) in [5, 5.41) is 4.44. The predicted molar refractivity (Wildman–Crippen MR) is 80.5 cm³/mol. The molecule has 110 valence electrons. The molecule has 0 amide bonds. The molecule has 20 heavy (non-hydrogen) atoms. The van der Waals surface area contributed by atoms with Gasteiger partial charge in [-0.1, -0.05) is 11.6 Å². The Morgan fingerprint density at radius 3 is 2.90 bits per heavy atom. The Bertz CT molecular complexity index is 472. The van der Waals surface area contributed by atoms with Crippen LogP contribution in [0.25, 0.3) is 0 Å². The summed E-state index contributed by atoms with van der Waals surface area (Å²) in [5.74, 6) is 1.75. The van der Waals surface area contributed by atoms with Crippen LogP contribution in [-0.2, 0) is 17.7 Å². The Kier molecular flexibility index (Phi) is 4.49. The summed E-state index contributed by atoms with van der Waals surface area (Å²) in [5.41, 5.74) is 2.43. The summed E-state index contributed by atoms with van der Waals surface area (Å²) in [4.78, 5) is 0. The molecule has 1 atom stereocenters. The van der Waals surface area contributed by atoms with Gasteiger partial charge in [0.05, 0.1) is 6.61 Å². The number of nitrogens with one attached hydrogen (secondary N) is 1. The monoisotopic (exact) mass is 295 g/mol. The Hall–Kier alpha value is -0.770. The molecule has 0 bridgehead atoms. The normalized spacial score (nSPS) is 20.5. The Balaban J connectivity index is 1.63. The van der Waals surface area contributed by atoms with Crippen molar-refractivity contribution in [3.63, 3.8) is 0 Å². The molecule has 2 heterocycles. The van der Waals surface area contributed by atoms with Gasteiger partial charge in [-0.15, -0.1) is 0 Å². The second-order valence-corrected chi connectivity index (χ2v) is 6.21. The van der Waals surface area contributed by atoms with Crippen LogP contribution in [-0.4, -0.2) is 25.9 Å². The molecular formula is C16H22ClNO2. The third-order valence-corrected chi connectivity index (χ3v) is 4.63. The highest BCUT2D eigenvalue weighted by atomic mass is 35.5. The Labute approximate surface area is 125 Å². The lowest BCUT2D eigenvalue weighted by atomic mass is 9.93. The molecule has 0 saturated carbocycles. The number of hydrogen-bond donors (Lipinski definition) is 1. The zero-order valence-electron chi connectivity index (χ0n) is 12.0. The topological polar surface area (TPSA) is 30.5 Å². The van der Waals surface area contributed by atoms with Gasteiger partial charge in [0.25, 0.3) is 0 Å². The van der Waals surface area contributed by atoms with E-state index in [2.05, 4.69) is 12.2 Å². The van der Waals surface area contributed by atoms with Crippen LogP contribution < -0.4 is 10.1 Å². The number of ether oxygens (including phenoxy) is 2. The zero-order chi connectivity index (χ0) is 13.9. The minimum absolute atomic E-state index is 0.495. The van der Waals surface area contributed by atoms with Crippen molar-refractivity contribution in [2.75, 3.05) is 19.8 Å². The van der Waals surface area contributed by atoms with E-state index >= 15 is 0 Å². The summed E-state index contributed by atoms with van der Waals surface area (Å²) in [6.07, 6.45) is 3.27. The third kappa shape index (κ3) is 3.11. The Morgan fingerprint density at radius 2 is 2.10 bits per heavy atom. The average molecular weight is 296 g/mol. The first-order chi connectivity index (χ1) is 9.74. The van der Waals surface area contributed by atoms with Crippen molar-refractivity contribution in [1.82, 2.24) is 5.32 Å². The van der Waals surface area contributed by atoms with Gasteiger partial charge in [-0.25, -0.2) is 0 Å². The van der Waals surface area contributed by atoms with Gasteiger partial charge in [-0.05, 0) is 43.4 Å². The van der Waals surface area contributed by atoms with Crippen LogP contribution in [0.15, 0.2) is 12.1 Å². The molecule has 4 heteroatoms. The molecule has 2 aliphatic heterocycles. The third-order valence-electron chi connectivity index (χ3n) is 4.41. The fraction of sp³-hybridized carbons (Fsp3) is 0.625. The molecule has 1 aromatic carbocycles. The van der Waals surface area contributed by atoms with Crippen molar-refractivity contribution in [3.8, 4) is 5.75 Å². The standard InChI is InChI=1S/C16H22ClNO2/c1-11(12-2-5-19-6-3-12)18-10-14-9-15(17)8-13-4-7-20-16(13)14/h8-9,11-12,18H,2-7,10H2,1H3. The van der Waals surface area contributed by atoms with Crippen LogP contribution in [0, 0.1) is 5.92 Å². The molecular weight excluding hydrogens is 274 g/mol. The van der Waals surface area contributed by atoms with Crippen LogP contribution in [0.1, 0.15) is 30.9 Å². The summed E-state index contributed by atoms with van der Waals surface area (Å²) in [7, 11) is 0. The van der Waals surface area contributed by atoms with Gasteiger partial charge in [0.15, 0.2) is 0 Å². The maximum atomic E-state index is 6.19. The number of fused-ring (bicyclic) bond motifs is 1. The van der Waals surface area contributed by atoms with E-state index in [-0.39, 0.29) is 0 Å². The van der Waals surface area contributed by atoms with E-state index in [4.69, 9.17) is 21.1 Å². The average Bonchev–Trinajstić information content (AvgIpc) is 2.93. The fourth-order valence-electron chi connectivity index (χ4n) is 3.13. The maximum Gasteiger partial charge on any atom is 0.127 e. The Morgan fingerprint density at radius 1 is 1.30 bits per heavy atom. The van der Waals surface area contributed by atoms with Gasteiger partial charge in [0.1, 0.15) is 5.75 Å². The van der Waals surface area contributed by atoms with Crippen LogP contribution in [0.2, 0.25) is 5.02 Å². The highest BCUT2D eigenvalue weighted by Crippen LogP contribution is 2.33. The van der Waals surface area contributed by atoms with Crippen LogP contribution >= 0.6 is 11.6 Å². The summed E-state index contributed by atoms with van der Waals surface area (Å²) in [6, 6.07) is 4.54. The largest absolute Gasteiger partial charge is 0.493 e. The van der Waals surface area contributed by atoms with Crippen LogP contribution in [0.3, 0.4) is 0 Å². The fourth-order valence-corrected chi connectivity index (χ4v) is 3.39. The van der Waals surface area contributed by atoms with Crippen molar-refractivity contribution in [2.24, 2.45) is 5.92 Å². The van der Waals surface area contributed by atoms with Crippen molar-refractivity contribution < 1.29 is 9.47 Å². The lowest BCUT2D eigenvalue weighted by Gasteiger charge is -2.28. The zero-order valence-corrected chi connectivity index (χ0v) is 12.7. The molecule has 3 rings (SSSR count). The van der Waals surface area contributed by atoms with E-state index in [0.29, 0.717) is 12.0 Å². The van der Waals surface area contributed by atoms with Crippen LogP contribution in [0.5, 0.6) is 5.75 Å². The molecule has 1 unspecified atom stereocenters. The van der Waals surface area contributed by atoms with Gasteiger partial charge in [-0.3, -0.25) is 0 Å². The van der Waals surface area contributed by atoms with Crippen molar-refractivity contribution in [1.29, 1.82) is 0 Å². The van der Waals surface area contributed by atoms with Gasteiger partial charge >= 0.3 is 0 Å². The number of benzene rings is 1. The SMILES string of the molecule is CC(NCc1cc(Cl)cc2c1OCC2)C1CCOCC1. The van der Waals surface area contributed by atoms with E-state index in [1.807, 2.05) is 12.1 Å². The van der Waals surface area contributed by atoms with Gasteiger partial charge in [-0.2, -0.15) is 0 Å². The summed E-state index contributed by atoms with van der Waals surface area (Å²) < 4.78 is 11.2. The number of hydrogen-bond acceptors (Lipinski definition) is 3. The molecule has 1 fully saturated rings. The molecule has 2 aliphatic rings. The number of halogens is 1. The van der Waals surface area contributed by atoms with E-state index in [9.17, 15) is 0 Å². The maximum absolute atomic E-state index is 6.19. The molecule has 0 spiro atoms. The molecule has 0 aromatic heterocycles. The quantitative estimate of drug-likeness (QED) is 0.925. The summed E-state index contributed by atoms with van der Waals surface area (Å²) in [6.45, 7) is 5.65. The van der Waals surface area contributed by atoms with Crippen molar-refractivity contribution in [2.45, 2.75) is 38.8 Å². The first-order valence-electron chi connectivity index (χ1n) is 7.49. The van der Waals surface area contributed by atoms with E-state index in [1.165, 1.54) is 11.1 Å². The smallest absolute Gasteiger partial charge is 0.127 e. The lowest BCUT2D eigenvalue weighted by Crippen LogP contribution is -2.36. The predicted octanol–water partition coefficient (Wildman–Crippen LogP) is 3.18. The molecule has 1 aromatic rings. The summed E-state index contributed by atoms with van der Waals surface area (Å²) >= 11 is 6.19. The number of rotatable bonds is 4. The van der Waals surface area contributed by atoms with E-state index in [1.54, 1.807) is 0 Å². The van der Waals surface area contributed by atoms with Gasteiger partial charge < -0.3 is 14.8 Å². The van der Waals surface area contributed by atoms with Gasteiger partial charge in [0, 0.05) is 42.8 Å². The van der Waals surface area contributed by atoms with E-state index < -0.39 is 0 Å². The highest BCUT2D eigenvalue weighted by molar-refractivity contribution is 6.30. The van der Waals surface area contributed by atoms with E-state index in [0.717, 1.165) is 56.4 Å². The van der Waals surface area contributed by atoms with Crippen molar-refractivity contribution >= 4 is 11.6 Å². The minimum atomic E-state index is 0.495. The highest BCUT2D eigenvalue weighted by Gasteiger charge is 2.22. The first kappa shape index (κ1) is 14.2. The molecule has 3 nitrogen and oxygen atoms in total.